The average Bonchev–Trinajstić information content (AvgIpc) is 2.37. The molecule has 3 N–H and O–H groups in total. The van der Waals surface area contributed by atoms with Crippen molar-refractivity contribution in [2.45, 2.75) is 13.1 Å². The fraction of sp³-hybridized carbons (Fsp3) is 0.143. The highest BCUT2D eigenvalue weighted by Gasteiger charge is 2.04. The van der Waals surface area contributed by atoms with Gasteiger partial charge < -0.3 is 15.5 Å². The Balaban J connectivity index is 1.92. The van der Waals surface area contributed by atoms with Crippen molar-refractivity contribution in [2.24, 2.45) is 0 Å². The lowest BCUT2D eigenvalue weighted by Crippen LogP contribution is -2.12. The summed E-state index contributed by atoms with van der Waals surface area (Å²) in [6, 6.07) is 12.5. The average molecular weight is 264 g/mol. The van der Waals surface area contributed by atoms with Crippen molar-refractivity contribution in [3.05, 3.63) is 58.6 Å². The van der Waals surface area contributed by atoms with Gasteiger partial charge in [-0.2, -0.15) is 0 Å². The van der Waals surface area contributed by atoms with Crippen molar-refractivity contribution in [3.63, 3.8) is 0 Å². The van der Waals surface area contributed by atoms with Gasteiger partial charge in [-0.05, 0) is 23.8 Å². The number of phenols is 2. The van der Waals surface area contributed by atoms with Crippen LogP contribution in [0.15, 0.2) is 42.5 Å². The van der Waals surface area contributed by atoms with E-state index in [1.165, 1.54) is 6.07 Å². The van der Waals surface area contributed by atoms with Gasteiger partial charge in [0.1, 0.15) is 0 Å². The third kappa shape index (κ3) is 3.15. The first-order valence-corrected chi connectivity index (χ1v) is 5.99. The van der Waals surface area contributed by atoms with Crippen LogP contribution in [-0.4, -0.2) is 10.2 Å². The molecule has 0 aromatic heterocycles. The molecule has 0 fully saturated rings. The monoisotopic (exact) mass is 263 g/mol. The van der Waals surface area contributed by atoms with Crippen molar-refractivity contribution in [1.82, 2.24) is 5.32 Å². The molecule has 0 saturated heterocycles. The fourth-order valence-electron chi connectivity index (χ4n) is 1.66. The summed E-state index contributed by atoms with van der Waals surface area (Å²) in [5, 5.41) is 22.9. The molecule has 3 nitrogen and oxygen atoms in total. The lowest BCUT2D eigenvalue weighted by atomic mass is 10.1. The topological polar surface area (TPSA) is 52.5 Å². The van der Waals surface area contributed by atoms with Gasteiger partial charge in [-0.25, -0.2) is 0 Å². The van der Waals surface area contributed by atoms with Crippen LogP contribution in [0.2, 0.25) is 5.02 Å². The minimum Gasteiger partial charge on any atom is -0.504 e. The van der Waals surface area contributed by atoms with Crippen LogP contribution in [-0.2, 0) is 13.1 Å². The predicted molar refractivity (Wildman–Crippen MR) is 71.8 cm³/mol. The Labute approximate surface area is 111 Å². The second kappa shape index (κ2) is 5.76. The van der Waals surface area contributed by atoms with Gasteiger partial charge in [0.05, 0.1) is 0 Å². The Hall–Kier alpha value is -1.71. The molecular formula is C14H14ClNO2. The van der Waals surface area contributed by atoms with E-state index in [2.05, 4.69) is 5.32 Å². The van der Waals surface area contributed by atoms with Gasteiger partial charge in [0.15, 0.2) is 11.5 Å². The summed E-state index contributed by atoms with van der Waals surface area (Å²) in [7, 11) is 0. The first kappa shape index (κ1) is 12.7. The minimum absolute atomic E-state index is 0.0684. The number of hydrogen-bond donors (Lipinski definition) is 3. The molecule has 0 atom stereocenters. The second-order valence-corrected chi connectivity index (χ2v) is 4.45. The van der Waals surface area contributed by atoms with E-state index in [0.717, 1.165) is 5.56 Å². The van der Waals surface area contributed by atoms with Gasteiger partial charge in [0, 0.05) is 23.7 Å². The zero-order valence-corrected chi connectivity index (χ0v) is 10.5. The number of hydrogen-bond acceptors (Lipinski definition) is 3. The summed E-state index contributed by atoms with van der Waals surface area (Å²) in [5.74, 6) is -0.165. The van der Waals surface area contributed by atoms with Crippen molar-refractivity contribution in [3.8, 4) is 11.5 Å². The molecule has 0 amide bonds. The molecule has 0 unspecified atom stereocenters. The van der Waals surface area contributed by atoms with Crippen molar-refractivity contribution in [1.29, 1.82) is 0 Å². The summed E-state index contributed by atoms with van der Waals surface area (Å²) >= 11 is 5.80. The van der Waals surface area contributed by atoms with Gasteiger partial charge in [0.25, 0.3) is 0 Å². The van der Waals surface area contributed by atoms with E-state index in [1.54, 1.807) is 12.1 Å². The first-order valence-electron chi connectivity index (χ1n) is 5.62. The highest BCUT2D eigenvalue weighted by molar-refractivity contribution is 6.30. The molecule has 2 aromatic carbocycles. The van der Waals surface area contributed by atoms with Crippen molar-refractivity contribution < 1.29 is 10.2 Å². The minimum atomic E-state index is -0.0965. The summed E-state index contributed by atoms with van der Waals surface area (Å²) < 4.78 is 0. The number of benzene rings is 2. The Morgan fingerprint density at radius 1 is 0.944 bits per heavy atom. The number of phenolic OH excluding ortho intramolecular Hbond substituents is 2. The summed E-state index contributed by atoms with van der Waals surface area (Å²) in [6.45, 7) is 1.16. The zero-order chi connectivity index (χ0) is 13.0. The molecule has 0 aliphatic rings. The Morgan fingerprint density at radius 3 is 2.39 bits per heavy atom. The summed E-state index contributed by atoms with van der Waals surface area (Å²) in [6.07, 6.45) is 0. The largest absolute Gasteiger partial charge is 0.504 e. The van der Waals surface area contributed by atoms with Crippen molar-refractivity contribution in [2.75, 3.05) is 0 Å². The van der Waals surface area contributed by atoms with E-state index < -0.39 is 0 Å². The van der Waals surface area contributed by atoms with E-state index in [1.807, 2.05) is 24.3 Å². The van der Waals surface area contributed by atoms with E-state index in [9.17, 15) is 10.2 Å². The molecule has 18 heavy (non-hydrogen) atoms. The third-order valence-corrected chi connectivity index (χ3v) is 2.91. The van der Waals surface area contributed by atoms with Gasteiger partial charge in [-0.15, -0.1) is 0 Å². The molecule has 4 heteroatoms. The van der Waals surface area contributed by atoms with Crippen molar-refractivity contribution >= 4 is 11.6 Å². The fourth-order valence-corrected chi connectivity index (χ4v) is 1.79. The van der Waals surface area contributed by atoms with Crippen LogP contribution in [0.3, 0.4) is 0 Å². The molecule has 2 aromatic rings. The molecule has 0 spiro atoms. The summed E-state index contributed by atoms with van der Waals surface area (Å²) in [4.78, 5) is 0. The van der Waals surface area contributed by atoms with Crippen LogP contribution < -0.4 is 5.32 Å². The van der Waals surface area contributed by atoms with Crippen LogP contribution >= 0.6 is 11.6 Å². The summed E-state index contributed by atoms with van der Waals surface area (Å²) in [5.41, 5.74) is 1.78. The molecule has 2 rings (SSSR count). The zero-order valence-electron chi connectivity index (χ0n) is 9.73. The van der Waals surface area contributed by atoms with Crippen LogP contribution in [0.4, 0.5) is 0 Å². The lowest BCUT2D eigenvalue weighted by Gasteiger charge is -2.08. The number of para-hydroxylation sites is 1. The normalized spacial score (nSPS) is 10.5. The molecule has 0 radical (unpaired) electrons. The van der Waals surface area contributed by atoms with Crippen LogP contribution in [0.5, 0.6) is 11.5 Å². The van der Waals surface area contributed by atoms with Gasteiger partial charge in [-0.3, -0.25) is 0 Å². The van der Waals surface area contributed by atoms with Gasteiger partial charge in [0.2, 0.25) is 0 Å². The lowest BCUT2D eigenvalue weighted by molar-refractivity contribution is 0.397. The first-order chi connectivity index (χ1) is 8.66. The molecule has 0 aliphatic heterocycles. The molecule has 0 bridgehead atoms. The van der Waals surface area contributed by atoms with Crippen LogP contribution in [0.1, 0.15) is 11.1 Å². The smallest absolute Gasteiger partial charge is 0.161 e. The number of aromatic hydroxyl groups is 2. The Bertz CT molecular complexity index is 526. The Morgan fingerprint density at radius 2 is 1.67 bits per heavy atom. The standard InChI is InChI=1S/C14H14ClNO2/c15-12-6-4-10(5-7-12)8-16-9-11-2-1-3-13(17)14(11)18/h1-7,16-18H,8-9H2. The SMILES string of the molecule is Oc1cccc(CNCc2ccc(Cl)cc2)c1O. The number of nitrogens with one attached hydrogen (secondary N) is 1. The third-order valence-electron chi connectivity index (χ3n) is 2.66. The number of halogens is 1. The van der Waals surface area contributed by atoms with E-state index in [4.69, 9.17) is 11.6 Å². The second-order valence-electron chi connectivity index (χ2n) is 4.01. The molecule has 94 valence electrons. The van der Waals surface area contributed by atoms with E-state index >= 15 is 0 Å². The van der Waals surface area contributed by atoms with Gasteiger partial charge in [-0.1, -0.05) is 35.9 Å². The van der Waals surface area contributed by atoms with Crippen LogP contribution in [0.25, 0.3) is 0 Å². The maximum Gasteiger partial charge on any atom is 0.161 e. The van der Waals surface area contributed by atoms with Crippen LogP contribution in [0, 0.1) is 0 Å². The quantitative estimate of drug-likeness (QED) is 0.743. The Kier molecular flexibility index (Phi) is 4.07. The van der Waals surface area contributed by atoms with E-state index in [0.29, 0.717) is 23.7 Å². The molecular weight excluding hydrogens is 250 g/mol. The maximum atomic E-state index is 9.62. The highest BCUT2D eigenvalue weighted by atomic mass is 35.5. The van der Waals surface area contributed by atoms with Gasteiger partial charge >= 0.3 is 0 Å². The predicted octanol–water partition coefficient (Wildman–Crippen LogP) is 3.04. The maximum absolute atomic E-state index is 9.62. The molecule has 0 aliphatic carbocycles. The van der Waals surface area contributed by atoms with E-state index in [-0.39, 0.29) is 11.5 Å². The highest BCUT2D eigenvalue weighted by Crippen LogP contribution is 2.27. The molecule has 0 heterocycles. The molecule has 0 saturated carbocycles. The number of rotatable bonds is 4.